The van der Waals surface area contributed by atoms with Crippen LogP contribution >= 0.6 is 15.9 Å². The highest BCUT2D eigenvalue weighted by Crippen LogP contribution is 2.40. The molecule has 140 valence electrons. The first-order valence-corrected chi connectivity index (χ1v) is 9.69. The molecule has 0 saturated carbocycles. The van der Waals surface area contributed by atoms with Crippen LogP contribution in [-0.4, -0.2) is 13.7 Å². The van der Waals surface area contributed by atoms with Crippen LogP contribution in [0.5, 0.6) is 0 Å². The van der Waals surface area contributed by atoms with E-state index in [1.165, 1.54) is 7.05 Å². The van der Waals surface area contributed by atoms with E-state index in [4.69, 9.17) is 0 Å². The fourth-order valence-electron chi connectivity index (χ4n) is 4.01. The van der Waals surface area contributed by atoms with Gasteiger partial charge in [-0.15, -0.1) is 0 Å². The van der Waals surface area contributed by atoms with E-state index < -0.39 is 0 Å². The molecule has 1 aliphatic rings. The van der Waals surface area contributed by atoms with Crippen LogP contribution in [0.25, 0.3) is 16.6 Å². The molecule has 28 heavy (non-hydrogen) atoms. The monoisotopic (exact) mass is 436 g/mol. The highest BCUT2D eigenvalue weighted by Gasteiger charge is 2.30. The molecule has 3 heterocycles. The molecule has 0 bridgehead atoms. The van der Waals surface area contributed by atoms with Gasteiger partial charge in [0.15, 0.2) is 0 Å². The van der Waals surface area contributed by atoms with Gasteiger partial charge in [0.05, 0.1) is 34.0 Å². The van der Waals surface area contributed by atoms with Crippen molar-refractivity contribution >= 4 is 32.5 Å². The number of hydrogen-bond donors (Lipinski definition) is 1. The summed E-state index contributed by atoms with van der Waals surface area (Å²) < 4.78 is 5.74. The quantitative estimate of drug-likeness (QED) is 0.497. The van der Waals surface area contributed by atoms with Crippen LogP contribution in [0.2, 0.25) is 0 Å². The summed E-state index contributed by atoms with van der Waals surface area (Å²) in [5, 5.41) is 4.12. The SMILES string of the molecule is Cn1c(=O)c2cn3c(c2n(C)c1=O)[C@@H](c1ccc(Br)cc1)Nc1ccccc1-3. The second-order valence-electron chi connectivity index (χ2n) is 7.00. The van der Waals surface area contributed by atoms with Crippen LogP contribution in [0, 0.1) is 0 Å². The highest BCUT2D eigenvalue weighted by molar-refractivity contribution is 9.10. The van der Waals surface area contributed by atoms with E-state index >= 15 is 0 Å². The molecule has 4 aromatic rings. The minimum Gasteiger partial charge on any atom is -0.371 e. The largest absolute Gasteiger partial charge is 0.371 e. The first-order chi connectivity index (χ1) is 13.5. The number of aromatic nitrogens is 3. The molecule has 1 atom stereocenters. The van der Waals surface area contributed by atoms with Crippen LogP contribution < -0.4 is 16.6 Å². The van der Waals surface area contributed by atoms with Crippen LogP contribution in [0.1, 0.15) is 17.3 Å². The Labute approximate surface area is 168 Å². The van der Waals surface area contributed by atoms with Crippen molar-refractivity contribution in [3.63, 3.8) is 0 Å². The Balaban J connectivity index is 1.93. The lowest BCUT2D eigenvalue weighted by molar-refractivity contribution is 0.708. The number of fused-ring (bicyclic) bond motifs is 5. The highest BCUT2D eigenvalue weighted by atomic mass is 79.9. The number of para-hydroxylation sites is 2. The average Bonchev–Trinajstić information content (AvgIpc) is 3.12. The lowest BCUT2D eigenvalue weighted by Crippen LogP contribution is -2.37. The van der Waals surface area contributed by atoms with Gasteiger partial charge in [-0.2, -0.15) is 0 Å². The standard InChI is InChI=1S/C21H17BrN4O2/c1-24-18-14(20(27)25(2)21(24)28)11-26-16-6-4-3-5-15(16)23-17(19(18)26)12-7-9-13(22)10-8-12/h3-11,17,23H,1-2H3/t17-/m1/s1. The van der Waals surface area contributed by atoms with Crippen molar-refractivity contribution in [3.8, 4) is 5.69 Å². The molecule has 1 aliphatic heterocycles. The van der Waals surface area contributed by atoms with Gasteiger partial charge in [-0.25, -0.2) is 4.79 Å². The van der Waals surface area contributed by atoms with Gasteiger partial charge in [-0.3, -0.25) is 13.9 Å². The van der Waals surface area contributed by atoms with Gasteiger partial charge < -0.3 is 9.88 Å². The summed E-state index contributed by atoms with van der Waals surface area (Å²) in [5.41, 5.74) is 3.90. The number of nitrogens with zero attached hydrogens (tertiary/aromatic N) is 3. The first-order valence-electron chi connectivity index (χ1n) is 8.89. The zero-order chi connectivity index (χ0) is 19.6. The zero-order valence-electron chi connectivity index (χ0n) is 15.3. The molecule has 0 spiro atoms. The molecule has 6 nitrogen and oxygen atoms in total. The number of anilines is 1. The van der Waals surface area contributed by atoms with E-state index in [0.29, 0.717) is 10.9 Å². The number of benzene rings is 2. The molecule has 0 aliphatic carbocycles. The van der Waals surface area contributed by atoms with Gasteiger partial charge in [-0.1, -0.05) is 40.2 Å². The summed E-state index contributed by atoms with van der Waals surface area (Å²) in [6.07, 6.45) is 1.85. The third kappa shape index (κ3) is 2.26. The Hall–Kier alpha value is -3.06. The lowest BCUT2D eigenvalue weighted by Gasteiger charge is -2.30. The van der Waals surface area contributed by atoms with Crippen LogP contribution in [0.3, 0.4) is 0 Å². The molecule has 2 aromatic heterocycles. The van der Waals surface area contributed by atoms with E-state index in [1.807, 2.05) is 59.3 Å². The average molecular weight is 437 g/mol. The number of halogens is 1. The van der Waals surface area contributed by atoms with Gasteiger partial charge in [-0.05, 0) is 29.8 Å². The predicted molar refractivity (Wildman–Crippen MR) is 113 cm³/mol. The summed E-state index contributed by atoms with van der Waals surface area (Å²) in [5.74, 6) is 0. The van der Waals surface area contributed by atoms with Gasteiger partial charge in [0.2, 0.25) is 0 Å². The van der Waals surface area contributed by atoms with Gasteiger partial charge >= 0.3 is 5.69 Å². The molecule has 0 amide bonds. The van der Waals surface area contributed by atoms with Crippen LogP contribution in [-0.2, 0) is 14.1 Å². The van der Waals surface area contributed by atoms with E-state index in [9.17, 15) is 9.59 Å². The molecule has 7 heteroatoms. The summed E-state index contributed by atoms with van der Waals surface area (Å²) in [4.78, 5) is 25.4. The van der Waals surface area contributed by atoms with Crippen molar-refractivity contribution in [1.82, 2.24) is 13.7 Å². The normalized spacial score (nSPS) is 15.2. The predicted octanol–water partition coefficient (Wildman–Crippen LogP) is 3.31. The Morgan fingerprint density at radius 1 is 0.964 bits per heavy atom. The minimum absolute atomic E-state index is 0.196. The molecule has 0 fully saturated rings. The van der Waals surface area contributed by atoms with E-state index in [0.717, 1.165) is 31.7 Å². The fraction of sp³-hybridized carbons (Fsp3) is 0.143. The number of aryl methyl sites for hydroxylation is 1. The second kappa shape index (κ2) is 5.97. The number of hydrogen-bond acceptors (Lipinski definition) is 3. The van der Waals surface area contributed by atoms with Gasteiger partial charge in [0.1, 0.15) is 0 Å². The smallest absolute Gasteiger partial charge is 0.331 e. The maximum absolute atomic E-state index is 12.8. The Morgan fingerprint density at radius 2 is 1.68 bits per heavy atom. The number of nitrogens with one attached hydrogen (secondary N) is 1. The summed E-state index contributed by atoms with van der Waals surface area (Å²) in [6, 6.07) is 15.8. The molecule has 2 aromatic carbocycles. The molecule has 0 saturated heterocycles. The molecule has 5 rings (SSSR count). The van der Waals surface area contributed by atoms with E-state index in [-0.39, 0.29) is 17.3 Å². The lowest BCUT2D eigenvalue weighted by atomic mass is 9.99. The van der Waals surface area contributed by atoms with Crippen LogP contribution in [0.4, 0.5) is 5.69 Å². The van der Waals surface area contributed by atoms with Crippen molar-refractivity contribution in [2.75, 3.05) is 5.32 Å². The molecular weight excluding hydrogens is 420 g/mol. The van der Waals surface area contributed by atoms with Crippen molar-refractivity contribution in [2.45, 2.75) is 6.04 Å². The van der Waals surface area contributed by atoms with E-state index in [2.05, 4.69) is 21.2 Å². The third-order valence-corrected chi connectivity index (χ3v) is 5.93. The molecule has 1 N–H and O–H groups in total. The van der Waals surface area contributed by atoms with Crippen LogP contribution in [0.15, 0.2) is 68.8 Å². The molecule has 0 radical (unpaired) electrons. The van der Waals surface area contributed by atoms with E-state index in [1.54, 1.807) is 11.6 Å². The fourth-order valence-corrected chi connectivity index (χ4v) is 4.27. The summed E-state index contributed by atoms with van der Waals surface area (Å²) in [7, 11) is 3.23. The topological polar surface area (TPSA) is 61.0 Å². The minimum atomic E-state index is -0.333. The van der Waals surface area contributed by atoms with Crippen molar-refractivity contribution < 1.29 is 0 Å². The Bertz CT molecular complexity index is 1360. The number of rotatable bonds is 1. The summed E-state index contributed by atoms with van der Waals surface area (Å²) >= 11 is 3.48. The Kier molecular flexibility index (Phi) is 3.64. The molecular formula is C21H17BrN4O2. The van der Waals surface area contributed by atoms with Crippen molar-refractivity contribution in [3.05, 3.63) is 91.3 Å². The Morgan fingerprint density at radius 3 is 2.43 bits per heavy atom. The zero-order valence-corrected chi connectivity index (χ0v) is 16.9. The summed E-state index contributed by atoms with van der Waals surface area (Å²) in [6.45, 7) is 0. The third-order valence-electron chi connectivity index (χ3n) is 5.40. The maximum Gasteiger partial charge on any atom is 0.331 e. The first kappa shape index (κ1) is 17.1. The van der Waals surface area contributed by atoms with Gasteiger partial charge in [0.25, 0.3) is 5.56 Å². The van der Waals surface area contributed by atoms with Crippen molar-refractivity contribution in [1.29, 1.82) is 0 Å². The maximum atomic E-state index is 12.8. The molecule has 0 unspecified atom stereocenters. The van der Waals surface area contributed by atoms with Crippen molar-refractivity contribution in [2.24, 2.45) is 14.1 Å². The second-order valence-corrected chi connectivity index (χ2v) is 7.91. The van der Waals surface area contributed by atoms with Gasteiger partial charge in [0, 0.05) is 24.8 Å².